The Kier molecular flexibility index (Phi) is 8.26. The minimum Gasteiger partial charge on any atom is -0.760 e. The third kappa shape index (κ3) is 5.85. The number of nitrogens with one attached hydrogen (secondary N) is 2. The molecule has 38 heavy (non-hydrogen) atoms. The first-order chi connectivity index (χ1) is 18.4. The quantitative estimate of drug-likeness (QED) is 0.381. The highest BCUT2D eigenvalue weighted by atomic mass is 32.2. The van der Waals surface area contributed by atoms with E-state index in [2.05, 4.69) is 30.0 Å². The molecule has 2 aromatic heterocycles. The zero-order valence-corrected chi connectivity index (χ0v) is 21.6. The summed E-state index contributed by atoms with van der Waals surface area (Å²) >= 11 is -2.27. The van der Waals surface area contributed by atoms with E-state index in [4.69, 9.17) is 9.47 Å². The van der Waals surface area contributed by atoms with E-state index in [0.717, 1.165) is 25.7 Å². The van der Waals surface area contributed by atoms with Gasteiger partial charge in [0.25, 0.3) is 6.43 Å². The van der Waals surface area contributed by atoms with Crippen LogP contribution in [-0.4, -0.2) is 79.3 Å². The van der Waals surface area contributed by atoms with Crippen molar-refractivity contribution in [1.82, 2.24) is 29.2 Å². The van der Waals surface area contributed by atoms with Gasteiger partial charge in [-0.05, 0) is 43.7 Å². The number of methoxy groups -OCH3 is 1. The van der Waals surface area contributed by atoms with Crippen LogP contribution in [-0.2, 0) is 16.0 Å². The highest BCUT2D eigenvalue weighted by Crippen LogP contribution is 2.32. The second kappa shape index (κ2) is 11.8. The number of rotatable bonds is 9. The number of aromatic nitrogens is 5. The normalized spacial score (nSPS) is 21.1. The molecule has 1 saturated heterocycles. The Morgan fingerprint density at radius 3 is 2.55 bits per heavy atom. The molecule has 2 aliphatic rings. The predicted molar refractivity (Wildman–Crippen MR) is 135 cm³/mol. The summed E-state index contributed by atoms with van der Waals surface area (Å²) in [5.41, 5.74) is 0.688. The van der Waals surface area contributed by atoms with E-state index in [-0.39, 0.29) is 23.9 Å². The zero-order valence-electron chi connectivity index (χ0n) is 20.8. The van der Waals surface area contributed by atoms with E-state index in [1.807, 2.05) is 4.90 Å². The lowest BCUT2D eigenvalue weighted by molar-refractivity contribution is 0.122. The Hall–Kier alpha value is -3.01. The maximum absolute atomic E-state index is 14.2. The summed E-state index contributed by atoms with van der Waals surface area (Å²) < 4.78 is 64.5. The molecule has 3 aromatic rings. The molecule has 1 unspecified atom stereocenters. The van der Waals surface area contributed by atoms with Crippen LogP contribution in [0.2, 0.25) is 0 Å². The van der Waals surface area contributed by atoms with Gasteiger partial charge in [0, 0.05) is 36.9 Å². The summed E-state index contributed by atoms with van der Waals surface area (Å²) in [6.07, 6.45) is 0.368. The summed E-state index contributed by atoms with van der Waals surface area (Å²) in [6, 6.07) is 5.08. The number of morpholine rings is 1. The molecule has 1 atom stereocenters. The molecule has 12 nitrogen and oxygen atoms in total. The number of nitrogens with zero attached hydrogens (tertiary/aromatic N) is 6. The second-order valence-corrected chi connectivity index (χ2v) is 10.00. The van der Waals surface area contributed by atoms with Crippen molar-refractivity contribution in [1.29, 1.82) is 0 Å². The monoisotopic (exact) mass is 551 g/mol. The summed E-state index contributed by atoms with van der Waals surface area (Å²) in [7, 11) is 1.46. The first-order valence-electron chi connectivity index (χ1n) is 12.4. The fraction of sp³-hybridized carbons (Fsp3) is 0.565. The molecule has 1 saturated carbocycles. The number of hydrogen-bond acceptors (Lipinski definition) is 10. The number of anilines is 2. The SMILES string of the molecule is COc1cccc2c1nc(C(F)F)n2-c1nc(NC2CCC(CNS(=O)[O-])CC2)nc(N2CCOCC2)n1. The molecule has 15 heteroatoms. The molecule has 0 radical (unpaired) electrons. The van der Waals surface area contributed by atoms with Crippen molar-refractivity contribution in [2.75, 3.05) is 50.2 Å². The van der Waals surface area contributed by atoms with Gasteiger partial charge in [-0.2, -0.15) is 15.0 Å². The standard InChI is InChI=1S/C23H30F2N8O4S/c1-36-17-4-2-3-16-18(17)28-20(19(24)25)33(16)23-30-21(29-22(31-23)32-9-11-37-12-10-32)27-15-7-5-14(6-8-15)13-26-38(34)35/h2-4,14-15,19,26H,5-13H2,1H3,(H,34,35)(H,27,29,30,31)/p-1. The maximum atomic E-state index is 14.2. The molecule has 0 amide bonds. The van der Waals surface area contributed by atoms with Gasteiger partial charge in [0.2, 0.25) is 17.8 Å². The van der Waals surface area contributed by atoms with Crippen LogP contribution in [0.5, 0.6) is 5.75 Å². The van der Waals surface area contributed by atoms with Crippen LogP contribution in [0, 0.1) is 5.92 Å². The molecular formula is C23H29F2N8O4S-. The number of hydrogen-bond donors (Lipinski definition) is 2. The first-order valence-corrected chi connectivity index (χ1v) is 13.5. The van der Waals surface area contributed by atoms with Gasteiger partial charge in [-0.15, -0.1) is 0 Å². The fourth-order valence-electron chi connectivity index (χ4n) is 4.92. The summed E-state index contributed by atoms with van der Waals surface area (Å²) in [5, 5.41) is 3.36. The molecule has 2 fully saturated rings. The van der Waals surface area contributed by atoms with Crippen LogP contribution in [0.25, 0.3) is 17.0 Å². The number of ether oxygens (including phenoxy) is 2. The highest BCUT2D eigenvalue weighted by molar-refractivity contribution is 7.77. The van der Waals surface area contributed by atoms with Crippen LogP contribution < -0.4 is 19.7 Å². The van der Waals surface area contributed by atoms with Gasteiger partial charge in [0.05, 0.1) is 25.8 Å². The fourth-order valence-corrected chi connectivity index (χ4v) is 5.29. The lowest BCUT2D eigenvalue weighted by Gasteiger charge is -2.30. The summed E-state index contributed by atoms with van der Waals surface area (Å²) in [5.74, 6) is 0.815. The van der Waals surface area contributed by atoms with Crippen LogP contribution in [0.3, 0.4) is 0 Å². The van der Waals surface area contributed by atoms with E-state index >= 15 is 0 Å². The van der Waals surface area contributed by atoms with Crippen molar-refractivity contribution in [3.8, 4) is 11.7 Å². The topological polar surface area (TPSA) is 142 Å². The number of para-hydroxylation sites is 1. The minimum absolute atomic E-state index is 0.0332. The largest absolute Gasteiger partial charge is 0.760 e. The third-order valence-corrected chi connectivity index (χ3v) is 7.27. The Balaban J connectivity index is 1.49. The summed E-state index contributed by atoms with van der Waals surface area (Å²) in [4.78, 5) is 19.9. The number of imidazole rings is 1. The highest BCUT2D eigenvalue weighted by Gasteiger charge is 2.27. The van der Waals surface area contributed by atoms with Gasteiger partial charge < -0.3 is 24.2 Å². The third-order valence-electron chi connectivity index (χ3n) is 6.86. The lowest BCUT2D eigenvalue weighted by Crippen LogP contribution is -2.38. The Bertz CT molecular complexity index is 1280. The van der Waals surface area contributed by atoms with Gasteiger partial charge in [-0.3, -0.25) is 8.78 Å². The van der Waals surface area contributed by atoms with Crippen LogP contribution in [0.1, 0.15) is 37.9 Å². The molecule has 1 aromatic carbocycles. The van der Waals surface area contributed by atoms with E-state index in [9.17, 15) is 17.5 Å². The Morgan fingerprint density at radius 2 is 1.87 bits per heavy atom. The molecule has 3 heterocycles. The Morgan fingerprint density at radius 1 is 1.13 bits per heavy atom. The van der Waals surface area contributed by atoms with Crippen molar-refractivity contribution in [3.63, 3.8) is 0 Å². The van der Waals surface area contributed by atoms with E-state index in [0.29, 0.717) is 55.6 Å². The van der Waals surface area contributed by atoms with E-state index in [1.165, 1.54) is 11.7 Å². The van der Waals surface area contributed by atoms with Gasteiger partial charge in [0.1, 0.15) is 11.3 Å². The minimum atomic E-state index is -2.88. The molecule has 2 N–H and O–H groups in total. The van der Waals surface area contributed by atoms with Gasteiger partial charge in [0.15, 0.2) is 5.82 Å². The van der Waals surface area contributed by atoms with Gasteiger partial charge >= 0.3 is 0 Å². The number of benzene rings is 1. The first kappa shape index (κ1) is 26.6. The van der Waals surface area contributed by atoms with Crippen LogP contribution >= 0.6 is 0 Å². The van der Waals surface area contributed by atoms with Crippen molar-refractivity contribution in [3.05, 3.63) is 24.0 Å². The van der Waals surface area contributed by atoms with E-state index < -0.39 is 23.5 Å². The molecule has 0 bridgehead atoms. The number of halogens is 2. The average Bonchev–Trinajstić information content (AvgIpc) is 3.33. The van der Waals surface area contributed by atoms with Gasteiger partial charge in [-0.25, -0.2) is 18.5 Å². The maximum Gasteiger partial charge on any atom is 0.296 e. The molecular weight excluding hydrogens is 522 g/mol. The van der Waals surface area contributed by atoms with E-state index in [1.54, 1.807) is 18.2 Å². The molecule has 0 spiro atoms. The smallest absolute Gasteiger partial charge is 0.296 e. The number of alkyl halides is 2. The predicted octanol–water partition coefficient (Wildman–Crippen LogP) is 2.35. The van der Waals surface area contributed by atoms with Crippen molar-refractivity contribution >= 4 is 34.2 Å². The molecule has 1 aliphatic carbocycles. The molecule has 5 rings (SSSR count). The van der Waals surface area contributed by atoms with Crippen molar-refractivity contribution in [2.45, 2.75) is 38.2 Å². The van der Waals surface area contributed by atoms with Crippen molar-refractivity contribution in [2.24, 2.45) is 5.92 Å². The Labute approximate surface area is 220 Å². The average molecular weight is 552 g/mol. The van der Waals surface area contributed by atoms with Crippen molar-refractivity contribution < 1.29 is 27.0 Å². The lowest BCUT2D eigenvalue weighted by atomic mass is 9.86. The molecule has 1 aliphatic heterocycles. The summed E-state index contributed by atoms with van der Waals surface area (Å²) in [6.45, 7) is 2.53. The zero-order chi connectivity index (χ0) is 26.6. The second-order valence-electron chi connectivity index (χ2n) is 9.24. The van der Waals surface area contributed by atoms with Crippen LogP contribution in [0.4, 0.5) is 20.7 Å². The number of fused-ring (bicyclic) bond motifs is 1. The molecule has 206 valence electrons. The van der Waals surface area contributed by atoms with Crippen LogP contribution in [0.15, 0.2) is 18.2 Å². The van der Waals surface area contributed by atoms with Gasteiger partial charge in [-0.1, -0.05) is 6.07 Å².